The van der Waals surface area contributed by atoms with E-state index >= 15 is 0 Å². The van der Waals surface area contributed by atoms with Gasteiger partial charge in [0.05, 0.1) is 11.5 Å². The van der Waals surface area contributed by atoms with E-state index in [0.29, 0.717) is 5.56 Å². The number of benzene rings is 1. The van der Waals surface area contributed by atoms with Crippen molar-refractivity contribution in [2.75, 3.05) is 13.2 Å². The number of carbonyl (C=O) groups is 1. The number of nitro groups is 1. The highest BCUT2D eigenvalue weighted by atomic mass is 16.6. The van der Waals surface area contributed by atoms with Gasteiger partial charge >= 0.3 is 0 Å². The SMILES string of the molecule is CC(C)N(CCO)C(=O)/C=C/c1ccc([N+](=O)[O-])cc1. The number of amides is 1. The lowest BCUT2D eigenvalue weighted by molar-refractivity contribution is -0.384. The van der Waals surface area contributed by atoms with Gasteiger partial charge in [-0.2, -0.15) is 0 Å². The van der Waals surface area contributed by atoms with Crippen LogP contribution < -0.4 is 0 Å². The second-order valence-electron chi connectivity index (χ2n) is 4.53. The topological polar surface area (TPSA) is 83.7 Å². The molecule has 1 rings (SSSR count). The Hall–Kier alpha value is -2.21. The molecule has 0 fully saturated rings. The molecular weight excluding hydrogens is 260 g/mol. The minimum atomic E-state index is -0.472. The summed E-state index contributed by atoms with van der Waals surface area (Å²) in [5.41, 5.74) is 0.717. The van der Waals surface area contributed by atoms with Crippen LogP contribution in [-0.2, 0) is 4.79 Å². The van der Waals surface area contributed by atoms with E-state index in [2.05, 4.69) is 0 Å². The Bertz CT molecular complexity index is 494. The third kappa shape index (κ3) is 4.47. The second-order valence-corrected chi connectivity index (χ2v) is 4.53. The van der Waals surface area contributed by atoms with Gasteiger partial charge in [0, 0.05) is 30.8 Å². The quantitative estimate of drug-likeness (QED) is 0.489. The first-order chi connectivity index (χ1) is 9.45. The van der Waals surface area contributed by atoms with E-state index in [1.165, 1.54) is 18.2 Å². The molecule has 0 unspecified atom stereocenters. The van der Waals surface area contributed by atoms with Crippen molar-refractivity contribution in [1.29, 1.82) is 0 Å². The standard InChI is InChI=1S/C14H18N2O4/c1-11(2)15(9-10-17)14(18)8-5-12-3-6-13(7-4-12)16(19)20/h3-8,11,17H,9-10H2,1-2H3/b8-5+. The minimum absolute atomic E-state index is 0.00355. The largest absolute Gasteiger partial charge is 0.395 e. The monoisotopic (exact) mass is 278 g/mol. The van der Waals surface area contributed by atoms with E-state index in [4.69, 9.17) is 5.11 Å². The van der Waals surface area contributed by atoms with E-state index in [9.17, 15) is 14.9 Å². The molecule has 0 aromatic heterocycles. The lowest BCUT2D eigenvalue weighted by Crippen LogP contribution is -2.37. The predicted octanol–water partition coefficient (Wildman–Crippen LogP) is 1.84. The number of rotatable bonds is 6. The van der Waals surface area contributed by atoms with Crippen LogP contribution in [-0.4, -0.2) is 40.0 Å². The minimum Gasteiger partial charge on any atom is -0.395 e. The number of carbonyl (C=O) groups excluding carboxylic acids is 1. The Balaban J connectivity index is 2.75. The molecule has 1 amide bonds. The Morgan fingerprint density at radius 2 is 2.00 bits per heavy atom. The summed E-state index contributed by atoms with van der Waals surface area (Å²) in [7, 11) is 0. The van der Waals surface area contributed by atoms with Gasteiger partial charge in [-0.05, 0) is 37.6 Å². The van der Waals surface area contributed by atoms with Crippen molar-refractivity contribution in [2.45, 2.75) is 19.9 Å². The first-order valence-electron chi connectivity index (χ1n) is 6.29. The number of aliphatic hydroxyl groups is 1. The average Bonchev–Trinajstić information content (AvgIpc) is 2.42. The summed E-state index contributed by atoms with van der Waals surface area (Å²) in [6, 6.07) is 5.92. The Morgan fingerprint density at radius 1 is 1.40 bits per heavy atom. The summed E-state index contributed by atoms with van der Waals surface area (Å²) in [6.07, 6.45) is 3.00. The average molecular weight is 278 g/mol. The van der Waals surface area contributed by atoms with Crippen LogP contribution in [0.25, 0.3) is 6.08 Å². The van der Waals surface area contributed by atoms with Crippen molar-refractivity contribution >= 4 is 17.7 Å². The molecule has 108 valence electrons. The summed E-state index contributed by atoms with van der Waals surface area (Å²) in [6.45, 7) is 3.93. The zero-order valence-corrected chi connectivity index (χ0v) is 11.5. The molecule has 0 aliphatic heterocycles. The van der Waals surface area contributed by atoms with Crippen LogP contribution in [0.1, 0.15) is 19.4 Å². The highest BCUT2D eigenvalue weighted by Crippen LogP contribution is 2.13. The number of aliphatic hydroxyl groups excluding tert-OH is 1. The van der Waals surface area contributed by atoms with Crippen LogP contribution in [0.4, 0.5) is 5.69 Å². The molecular formula is C14H18N2O4. The van der Waals surface area contributed by atoms with Crippen molar-refractivity contribution in [2.24, 2.45) is 0 Å². The molecule has 0 saturated carbocycles. The molecule has 1 aromatic carbocycles. The van der Waals surface area contributed by atoms with E-state index in [1.807, 2.05) is 13.8 Å². The van der Waals surface area contributed by atoms with E-state index in [0.717, 1.165) is 0 Å². The third-order valence-electron chi connectivity index (χ3n) is 2.77. The number of nitro benzene ring substituents is 1. The zero-order chi connectivity index (χ0) is 15.1. The van der Waals surface area contributed by atoms with Crippen LogP contribution in [0.15, 0.2) is 30.3 Å². The molecule has 0 bridgehead atoms. The van der Waals surface area contributed by atoms with E-state index in [-0.39, 0.29) is 30.8 Å². The van der Waals surface area contributed by atoms with Crippen LogP contribution in [0, 0.1) is 10.1 Å². The molecule has 0 aliphatic rings. The molecule has 0 atom stereocenters. The summed E-state index contributed by atoms with van der Waals surface area (Å²) in [5.74, 6) is -0.201. The highest BCUT2D eigenvalue weighted by molar-refractivity contribution is 5.92. The fraction of sp³-hybridized carbons (Fsp3) is 0.357. The molecule has 0 aliphatic carbocycles. The Kier molecular flexibility index (Phi) is 5.86. The maximum Gasteiger partial charge on any atom is 0.269 e. The third-order valence-corrected chi connectivity index (χ3v) is 2.77. The van der Waals surface area contributed by atoms with Crippen molar-refractivity contribution in [3.8, 4) is 0 Å². The molecule has 0 radical (unpaired) electrons. The van der Waals surface area contributed by atoms with Crippen LogP contribution >= 0.6 is 0 Å². The summed E-state index contributed by atoms with van der Waals surface area (Å²) in [4.78, 5) is 23.5. The van der Waals surface area contributed by atoms with Gasteiger partial charge < -0.3 is 10.0 Å². The first-order valence-corrected chi connectivity index (χ1v) is 6.29. The zero-order valence-electron chi connectivity index (χ0n) is 11.5. The number of non-ortho nitro benzene ring substituents is 1. The van der Waals surface area contributed by atoms with Gasteiger partial charge in [-0.25, -0.2) is 0 Å². The molecule has 0 spiro atoms. The fourth-order valence-electron chi connectivity index (χ4n) is 1.70. The Labute approximate surface area is 117 Å². The molecule has 0 heterocycles. The maximum absolute atomic E-state index is 11.9. The van der Waals surface area contributed by atoms with Gasteiger partial charge in [0.25, 0.3) is 5.69 Å². The molecule has 0 saturated heterocycles. The van der Waals surface area contributed by atoms with Gasteiger partial charge in [-0.1, -0.05) is 0 Å². The van der Waals surface area contributed by atoms with Crippen molar-refractivity contribution in [3.63, 3.8) is 0 Å². The lowest BCUT2D eigenvalue weighted by Gasteiger charge is -2.24. The smallest absolute Gasteiger partial charge is 0.269 e. The molecule has 6 nitrogen and oxygen atoms in total. The predicted molar refractivity (Wildman–Crippen MR) is 76.1 cm³/mol. The lowest BCUT2D eigenvalue weighted by atomic mass is 10.2. The normalized spacial score (nSPS) is 11.0. The number of hydrogen-bond acceptors (Lipinski definition) is 4. The van der Waals surface area contributed by atoms with Gasteiger partial charge in [0.15, 0.2) is 0 Å². The van der Waals surface area contributed by atoms with Crippen LogP contribution in [0.2, 0.25) is 0 Å². The second kappa shape index (κ2) is 7.40. The first kappa shape index (κ1) is 15.8. The van der Waals surface area contributed by atoms with Gasteiger partial charge in [-0.15, -0.1) is 0 Å². The molecule has 1 N–H and O–H groups in total. The fourth-order valence-corrected chi connectivity index (χ4v) is 1.70. The summed E-state index contributed by atoms with van der Waals surface area (Å²) in [5, 5.41) is 19.4. The van der Waals surface area contributed by atoms with Crippen LogP contribution in [0.5, 0.6) is 0 Å². The van der Waals surface area contributed by atoms with E-state index in [1.54, 1.807) is 23.1 Å². The number of nitrogens with zero attached hydrogens (tertiary/aromatic N) is 2. The van der Waals surface area contributed by atoms with Gasteiger partial charge in [0.1, 0.15) is 0 Å². The van der Waals surface area contributed by atoms with Crippen molar-refractivity contribution in [3.05, 3.63) is 46.0 Å². The van der Waals surface area contributed by atoms with Crippen molar-refractivity contribution in [1.82, 2.24) is 4.90 Å². The molecule has 6 heteroatoms. The summed E-state index contributed by atoms with van der Waals surface area (Å²) < 4.78 is 0. The highest BCUT2D eigenvalue weighted by Gasteiger charge is 2.13. The Morgan fingerprint density at radius 3 is 2.45 bits per heavy atom. The number of hydrogen-bond donors (Lipinski definition) is 1. The maximum atomic E-state index is 11.9. The van der Waals surface area contributed by atoms with Crippen molar-refractivity contribution < 1.29 is 14.8 Å². The van der Waals surface area contributed by atoms with Gasteiger partial charge in [-0.3, -0.25) is 14.9 Å². The summed E-state index contributed by atoms with van der Waals surface area (Å²) >= 11 is 0. The molecule has 1 aromatic rings. The molecule has 20 heavy (non-hydrogen) atoms. The van der Waals surface area contributed by atoms with Gasteiger partial charge in [0.2, 0.25) is 5.91 Å². The van der Waals surface area contributed by atoms with E-state index < -0.39 is 4.92 Å². The van der Waals surface area contributed by atoms with Crippen LogP contribution in [0.3, 0.4) is 0 Å².